The van der Waals surface area contributed by atoms with E-state index < -0.39 is 10.0 Å². The van der Waals surface area contributed by atoms with Gasteiger partial charge in [-0.15, -0.1) is 0 Å². The summed E-state index contributed by atoms with van der Waals surface area (Å²) in [6.07, 6.45) is 1.58. The van der Waals surface area contributed by atoms with Crippen LogP contribution in [-0.2, 0) is 23.1 Å². The molecule has 1 aromatic heterocycles. The van der Waals surface area contributed by atoms with Crippen molar-refractivity contribution < 1.29 is 13.2 Å². The van der Waals surface area contributed by atoms with Crippen molar-refractivity contribution in [1.29, 1.82) is 0 Å². The number of nitrogens with zero attached hydrogens (tertiary/aromatic N) is 3. The van der Waals surface area contributed by atoms with Gasteiger partial charge in [0.05, 0.1) is 23.7 Å². The van der Waals surface area contributed by atoms with Gasteiger partial charge in [0, 0.05) is 18.3 Å². The quantitative estimate of drug-likeness (QED) is 0.909. The number of nitrogen functional groups attached to an aromatic ring is 1. The zero-order valence-corrected chi connectivity index (χ0v) is 13.8. The Bertz CT molecular complexity index is 852. The highest BCUT2D eigenvalue weighted by atomic mass is 32.2. The first-order valence-corrected chi connectivity index (χ1v) is 8.69. The van der Waals surface area contributed by atoms with Crippen LogP contribution in [0.3, 0.4) is 0 Å². The Morgan fingerprint density at radius 1 is 1.35 bits per heavy atom. The minimum absolute atomic E-state index is 0.153. The van der Waals surface area contributed by atoms with Crippen LogP contribution in [0.4, 0.5) is 5.95 Å². The number of hydrogen-bond donors (Lipinski definition) is 1. The average Bonchev–Trinajstić information content (AvgIpc) is 2.93. The minimum Gasteiger partial charge on any atom is -0.494 e. The van der Waals surface area contributed by atoms with Crippen LogP contribution in [0.1, 0.15) is 23.7 Å². The van der Waals surface area contributed by atoms with E-state index >= 15 is 0 Å². The van der Waals surface area contributed by atoms with Crippen molar-refractivity contribution in [1.82, 2.24) is 14.3 Å². The molecule has 0 atom stereocenters. The van der Waals surface area contributed by atoms with Gasteiger partial charge in [0.2, 0.25) is 16.0 Å². The first-order chi connectivity index (χ1) is 10.9. The molecule has 122 valence electrons. The van der Waals surface area contributed by atoms with Gasteiger partial charge in [-0.25, -0.2) is 18.4 Å². The van der Waals surface area contributed by atoms with E-state index in [1.807, 2.05) is 13.8 Å². The van der Waals surface area contributed by atoms with E-state index in [1.165, 1.54) is 4.31 Å². The third kappa shape index (κ3) is 2.87. The molecule has 7 nitrogen and oxygen atoms in total. The van der Waals surface area contributed by atoms with Crippen molar-refractivity contribution in [3.05, 3.63) is 41.2 Å². The minimum atomic E-state index is -3.60. The van der Waals surface area contributed by atoms with Crippen LogP contribution < -0.4 is 10.5 Å². The lowest BCUT2D eigenvalue weighted by molar-refractivity contribution is 0.337. The summed E-state index contributed by atoms with van der Waals surface area (Å²) in [6.45, 7) is 4.71. The number of hydrogen-bond acceptors (Lipinski definition) is 6. The number of sulfonamides is 1. The third-order valence-electron chi connectivity index (χ3n) is 3.73. The summed E-state index contributed by atoms with van der Waals surface area (Å²) in [4.78, 5) is 8.27. The molecule has 23 heavy (non-hydrogen) atoms. The molecule has 0 aliphatic carbocycles. The normalized spacial score (nSPS) is 14.7. The molecule has 0 amide bonds. The van der Waals surface area contributed by atoms with E-state index in [9.17, 15) is 8.42 Å². The largest absolute Gasteiger partial charge is 0.494 e. The Morgan fingerprint density at radius 2 is 2.13 bits per heavy atom. The number of ether oxygens (including phenoxy) is 1. The second-order valence-corrected chi connectivity index (χ2v) is 7.27. The monoisotopic (exact) mass is 334 g/mol. The van der Waals surface area contributed by atoms with Crippen LogP contribution in [0.2, 0.25) is 0 Å². The Labute approximate surface area is 135 Å². The van der Waals surface area contributed by atoms with Crippen LogP contribution in [0.25, 0.3) is 0 Å². The summed E-state index contributed by atoms with van der Waals surface area (Å²) in [5.41, 5.74) is 7.78. The highest BCUT2D eigenvalue weighted by Gasteiger charge is 2.32. The van der Waals surface area contributed by atoms with E-state index in [4.69, 9.17) is 10.5 Å². The molecule has 8 heteroatoms. The van der Waals surface area contributed by atoms with E-state index in [2.05, 4.69) is 9.97 Å². The Kier molecular flexibility index (Phi) is 3.95. The molecule has 0 fully saturated rings. The highest BCUT2D eigenvalue weighted by molar-refractivity contribution is 7.89. The maximum atomic E-state index is 12.8. The zero-order valence-electron chi connectivity index (χ0n) is 13.0. The average molecular weight is 334 g/mol. The Balaban J connectivity index is 1.90. The van der Waals surface area contributed by atoms with Crippen LogP contribution >= 0.6 is 0 Å². The molecule has 0 saturated heterocycles. The van der Waals surface area contributed by atoms with Crippen LogP contribution in [0.15, 0.2) is 29.3 Å². The standard InChI is InChI=1S/C15H18N4O3S/c1-3-22-14-5-4-12(6-10(14)2)23(20,21)19-8-11-7-17-15(16)18-13(11)9-19/h4-7H,3,8-9H2,1-2H3,(H2,16,17,18). The van der Waals surface area contributed by atoms with Crippen molar-refractivity contribution in [3.63, 3.8) is 0 Å². The molecule has 0 unspecified atom stereocenters. The van der Waals surface area contributed by atoms with Gasteiger partial charge >= 0.3 is 0 Å². The topological polar surface area (TPSA) is 98.4 Å². The summed E-state index contributed by atoms with van der Waals surface area (Å²) in [7, 11) is -3.60. The van der Waals surface area contributed by atoms with Gasteiger partial charge in [-0.2, -0.15) is 4.31 Å². The summed E-state index contributed by atoms with van der Waals surface area (Å²) in [5.74, 6) is 0.842. The van der Waals surface area contributed by atoms with Gasteiger partial charge in [0.1, 0.15) is 5.75 Å². The van der Waals surface area contributed by atoms with Gasteiger partial charge in [0.25, 0.3) is 0 Å². The number of nitrogens with two attached hydrogens (primary N) is 1. The van der Waals surface area contributed by atoms with E-state index in [-0.39, 0.29) is 23.9 Å². The fraction of sp³-hybridized carbons (Fsp3) is 0.333. The van der Waals surface area contributed by atoms with E-state index in [0.29, 0.717) is 18.1 Å². The van der Waals surface area contributed by atoms with Crippen molar-refractivity contribution in [3.8, 4) is 5.75 Å². The molecule has 1 aromatic carbocycles. The lowest BCUT2D eigenvalue weighted by atomic mass is 10.2. The second kappa shape index (κ2) is 5.78. The van der Waals surface area contributed by atoms with Crippen molar-refractivity contribution in [2.45, 2.75) is 31.8 Å². The SMILES string of the molecule is CCOc1ccc(S(=O)(=O)N2Cc3cnc(N)nc3C2)cc1C. The Hall–Kier alpha value is -2.19. The third-order valence-corrected chi connectivity index (χ3v) is 5.52. The van der Waals surface area contributed by atoms with Crippen LogP contribution in [0, 0.1) is 6.92 Å². The molecule has 1 aliphatic heterocycles. The molecule has 3 rings (SSSR count). The van der Waals surface area contributed by atoms with Gasteiger partial charge in [0.15, 0.2) is 0 Å². The van der Waals surface area contributed by atoms with Crippen LogP contribution in [0.5, 0.6) is 5.75 Å². The lowest BCUT2D eigenvalue weighted by Gasteiger charge is -2.16. The number of aromatic nitrogens is 2. The molecule has 0 spiro atoms. The van der Waals surface area contributed by atoms with Crippen molar-refractivity contribution >= 4 is 16.0 Å². The first kappa shape index (κ1) is 15.7. The molecule has 2 N–H and O–H groups in total. The summed E-state index contributed by atoms with van der Waals surface area (Å²) < 4.78 is 32.5. The van der Waals surface area contributed by atoms with E-state index in [1.54, 1.807) is 24.4 Å². The molecule has 0 radical (unpaired) electrons. The summed E-state index contributed by atoms with van der Waals surface area (Å²) in [5, 5.41) is 0. The van der Waals surface area contributed by atoms with Crippen LogP contribution in [-0.4, -0.2) is 29.3 Å². The molecular formula is C15H18N4O3S. The predicted molar refractivity (Wildman–Crippen MR) is 85.2 cm³/mol. The summed E-state index contributed by atoms with van der Waals surface area (Å²) >= 11 is 0. The zero-order chi connectivity index (χ0) is 16.6. The lowest BCUT2D eigenvalue weighted by Crippen LogP contribution is -2.25. The van der Waals surface area contributed by atoms with Gasteiger partial charge in [-0.3, -0.25) is 0 Å². The number of aryl methyl sites for hydroxylation is 1. The predicted octanol–water partition coefficient (Wildman–Crippen LogP) is 1.47. The summed E-state index contributed by atoms with van der Waals surface area (Å²) in [6, 6.07) is 4.88. The maximum Gasteiger partial charge on any atom is 0.243 e. The molecule has 0 saturated carbocycles. The van der Waals surface area contributed by atoms with Gasteiger partial charge < -0.3 is 10.5 Å². The molecule has 0 bridgehead atoms. The first-order valence-electron chi connectivity index (χ1n) is 7.25. The molecule has 2 heterocycles. The number of anilines is 1. The van der Waals surface area contributed by atoms with Gasteiger partial charge in [-0.1, -0.05) is 0 Å². The van der Waals surface area contributed by atoms with Crippen molar-refractivity contribution in [2.75, 3.05) is 12.3 Å². The van der Waals surface area contributed by atoms with Gasteiger partial charge in [-0.05, 0) is 37.6 Å². The van der Waals surface area contributed by atoms with E-state index in [0.717, 1.165) is 11.1 Å². The fourth-order valence-corrected chi connectivity index (χ4v) is 4.02. The second-order valence-electron chi connectivity index (χ2n) is 5.33. The molecule has 2 aromatic rings. The molecule has 1 aliphatic rings. The Morgan fingerprint density at radius 3 is 2.83 bits per heavy atom. The maximum absolute atomic E-state index is 12.8. The molecular weight excluding hydrogens is 316 g/mol. The number of benzene rings is 1. The smallest absolute Gasteiger partial charge is 0.243 e. The number of rotatable bonds is 4. The van der Waals surface area contributed by atoms with Crippen molar-refractivity contribution in [2.24, 2.45) is 0 Å². The fourth-order valence-electron chi connectivity index (χ4n) is 2.56. The number of fused-ring (bicyclic) bond motifs is 1. The highest BCUT2D eigenvalue weighted by Crippen LogP contribution is 2.29.